The van der Waals surface area contributed by atoms with Crippen LogP contribution in [-0.2, 0) is 11.3 Å². The van der Waals surface area contributed by atoms with Gasteiger partial charge in [0.2, 0.25) is 5.91 Å². The highest BCUT2D eigenvalue weighted by Gasteiger charge is 2.30. The van der Waals surface area contributed by atoms with Gasteiger partial charge < -0.3 is 9.88 Å². The number of amides is 1. The molecule has 33 heavy (non-hydrogen) atoms. The molecule has 0 atom stereocenters. The molecule has 1 aromatic carbocycles. The molecule has 0 radical (unpaired) electrons. The summed E-state index contributed by atoms with van der Waals surface area (Å²) in [5.41, 5.74) is 0.302. The normalized spacial score (nSPS) is 18.2. The molecule has 0 spiro atoms. The molecule has 0 bridgehead atoms. The van der Waals surface area contributed by atoms with Crippen molar-refractivity contribution in [3.63, 3.8) is 0 Å². The number of carbonyl (C=O) groups excluding carboxylic acids is 1. The van der Waals surface area contributed by atoms with E-state index in [1.54, 1.807) is 6.07 Å². The Labute approximate surface area is 195 Å². The summed E-state index contributed by atoms with van der Waals surface area (Å²) >= 11 is 6.16. The first-order valence-electron chi connectivity index (χ1n) is 11.6. The second kappa shape index (κ2) is 9.21. The zero-order valence-corrected chi connectivity index (χ0v) is 19.0. The van der Waals surface area contributed by atoms with E-state index in [0.717, 1.165) is 38.5 Å². The maximum Gasteiger partial charge on any atom is 0.281 e. The summed E-state index contributed by atoms with van der Waals surface area (Å²) in [6, 6.07) is 4.47. The first-order valence-corrected chi connectivity index (χ1v) is 11.9. The number of rotatable bonds is 4. The van der Waals surface area contributed by atoms with Gasteiger partial charge in [0.15, 0.2) is 11.2 Å². The third-order valence-electron chi connectivity index (χ3n) is 6.91. The zero-order chi connectivity index (χ0) is 22.9. The van der Waals surface area contributed by atoms with Gasteiger partial charge >= 0.3 is 0 Å². The fourth-order valence-corrected chi connectivity index (χ4v) is 5.22. The Kier molecular flexibility index (Phi) is 6.14. The lowest BCUT2D eigenvalue weighted by atomic mass is 9.87. The van der Waals surface area contributed by atoms with Crippen LogP contribution in [0.15, 0.2) is 23.0 Å². The van der Waals surface area contributed by atoms with Crippen molar-refractivity contribution in [3.05, 3.63) is 50.8 Å². The Morgan fingerprint density at radius 3 is 2.64 bits per heavy atom. The van der Waals surface area contributed by atoms with Crippen LogP contribution in [0.25, 0.3) is 11.2 Å². The number of hydrogen-bond donors (Lipinski definition) is 1. The highest BCUT2D eigenvalue weighted by Crippen LogP contribution is 2.30. The third kappa shape index (κ3) is 4.38. The lowest BCUT2D eigenvalue weighted by Crippen LogP contribution is -2.42. The summed E-state index contributed by atoms with van der Waals surface area (Å²) in [6.45, 7) is 1.33. The molecular formula is C23H26ClFN6O2. The number of fused-ring (bicyclic) bond motifs is 1. The molecule has 3 aromatic rings. The molecule has 1 amide bonds. The molecule has 1 aliphatic carbocycles. The number of nitrogens with zero attached hydrogens (tertiary/aromatic N) is 5. The molecule has 5 rings (SSSR count). The second-order valence-electron chi connectivity index (χ2n) is 9.01. The second-order valence-corrected chi connectivity index (χ2v) is 9.41. The molecule has 1 N–H and O–H groups in total. The van der Waals surface area contributed by atoms with Crippen molar-refractivity contribution in [1.29, 1.82) is 0 Å². The Morgan fingerprint density at radius 1 is 1.15 bits per heavy atom. The highest BCUT2D eigenvalue weighted by molar-refractivity contribution is 6.31. The van der Waals surface area contributed by atoms with Crippen molar-refractivity contribution in [2.45, 2.75) is 57.4 Å². The number of piperidine rings is 1. The van der Waals surface area contributed by atoms with Crippen molar-refractivity contribution >= 4 is 28.7 Å². The van der Waals surface area contributed by atoms with E-state index in [9.17, 15) is 14.0 Å². The van der Waals surface area contributed by atoms with Crippen LogP contribution < -0.4 is 5.56 Å². The lowest BCUT2D eigenvalue weighted by molar-refractivity contribution is -0.137. The van der Waals surface area contributed by atoms with Gasteiger partial charge in [-0.3, -0.25) is 9.59 Å². The molecule has 10 heteroatoms. The molecule has 1 saturated carbocycles. The first-order chi connectivity index (χ1) is 16.0. The van der Waals surface area contributed by atoms with Crippen LogP contribution >= 0.6 is 11.6 Å². The number of aromatic amines is 1. The predicted octanol–water partition coefficient (Wildman–Crippen LogP) is 3.64. The summed E-state index contributed by atoms with van der Waals surface area (Å²) in [5, 5.41) is 8.22. The molecule has 174 valence electrons. The number of likely N-dealkylation sites (tertiary alicyclic amines) is 1. The molecule has 8 nitrogen and oxygen atoms in total. The summed E-state index contributed by atoms with van der Waals surface area (Å²) in [7, 11) is 0. The third-order valence-corrected chi connectivity index (χ3v) is 7.26. The fourth-order valence-electron chi connectivity index (χ4n) is 5.00. The summed E-state index contributed by atoms with van der Waals surface area (Å²) < 4.78 is 15.7. The minimum atomic E-state index is -0.453. The molecule has 2 fully saturated rings. The first kappa shape index (κ1) is 22.0. The van der Waals surface area contributed by atoms with Gasteiger partial charge in [-0.05, 0) is 37.8 Å². The van der Waals surface area contributed by atoms with Gasteiger partial charge in [-0.2, -0.15) is 0 Å². The van der Waals surface area contributed by atoms with Gasteiger partial charge in [0.1, 0.15) is 11.6 Å². The molecule has 3 heterocycles. The number of benzene rings is 1. The van der Waals surface area contributed by atoms with E-state index in [1.807, 2.05) is 4.90 Å². The standard InChI is InChI=1S/C23H26ClFN6O2/c24-17-7-4-8-18(25)16(17)13-31-21-19(28-29-31)22(32)27-20(26-21)14-9-11-30(12-10-14)23(33)15-5-2-1-3-6-15/h4,7-8,14-15H,1-3,5-6,9-13H2,(H,26,27,32). The SMILES string of the molecule is O=C(C1CCCCC1)N1CCC(c2nc3c(nnn3Cc3c(F)cccc3Cl)c(=O)[nH]2)CC1. The monoisotopic (exact) mass is 472 g/mol. The van der Waals surface area contributed by atoms with E-state index in [2.05, 4.69) is 20.3 Å². The van der Waals surface area contributed by atoms with Gasteiger partial charge in [-0.25, -0.2) is 14.1 Å². The van der Waals surface area contributed by atoms with E-state index < -0.39 is 5.82 Å². The summed E-state index contributed by atoms with van der Waals surface area (Å²) in [5.74, 6) is 0.564. The van der Waals surface area contributed by atoms with Gasteiger partial charge in [0, 0.05) is 35.5 Å². The molecule has 0 unspecified atom stereocenters. The van der Waals surface area contributed by atoms with E-state index in [-0.39, 0.29) is 45.9 Å². The summed E-state index contributed by atoms with van der Waals surface area (Å²) in [4.78, 5) is 35.0. The fraction of sp³-hybridized carbons (Fsp3) is 0.522. The molecule has 2 aromatic heterocycles. The average Bonchev–Trinajstić information content (AvgIpc) is 3.25. The van der Waals surface area contributed by atoms with Crippen molar-refractivity contribution in [3.8, 4) is 0 Å². The van der Waals surface area contributed by atoms with Crippen LogP contribution in [-0.4, -0.2) is 48.9 Å². The average molecular weight is 473 g/mol. The van der Waals surface area contributed by atoms with Crippen LogP contribution in [0.5, 0.6) is 0 Å². The number of halogens is 2. The van der Waals surface area contributed by atoms with Gasteiger partial charge in [0.05, 0.1) is 6.54 Å². The van der Waals surface area contributed by atoms with E-state index >= 15 is 0 Å². The Morgan fingerprint density at radius 2 is 1.91 bits per heavy atom. The lowest BCUT2D eigenvalue weighted by Gasteiger charge is -2.34. The van der Waals surface area contributed by atoms with Crippen LogP contribution in [0, 0.1) is 11.7 Å². The molecule has 1 saturated heterocycles. The van der Waals surface area contributed by atoms with Crippen molar-refractivity contribution in [1.82, 2.24) is 29.9 Å². The van der Waals surface area contributed by atoms with Crippen LogP contribution in [0.3, 0.4) is 0 Å². The zero-order valence-electron chi connectivity index (χ0n) is 18.3. The minimum absolute atomic E-state index is 0.0201. The summed E-state index contributed by atoms with van der Waals surface area (Å²) in [6.07, 6.45) is 6.94. The topological polar surface area (TPSA) is 96.8 Å². The van der Waals surface area contributed by atoms with E-state index in [1.165, 1.54) is 23.2 Å². The van der Waals surface area contributed by atoms with Crippen LogP contribution in [0.1, 0.15) is 62.3 Å². The number of aromatic nitrogens is 5. The number of hydrogen-bond acceptors (Lipinski definition) is 5. The van der Waals surface area contributed by atoms with Gasteiger partial charge in [-0.15, -0.1) is 5.10 Å². The Hall–Kier alpha value is -2.81. The van der Waals surface area contributed by atoms with Crippen molar-refractivity contribution in [2.75, 3.05) is 13.1 Å². The van der Waals surface area contributed by atoms with Crippen LogP contribution in [0.4, 0.5) is 4.39 Å². The Balaban J connectivity index is 1.35. The van der Waals surface area contributed by atoms with E-state index in [0.29, 0.717) is 24.6 Å². The smallest absolute Gasteiger partial charge is 0.281 e. The van der Waals surface area contributed by atoms with Gasteiger partial charge in [-0.1, -0.05) is 42.1 Å². The maximum atomic E-state index is 14.3. The molecular weight excluding hydrogens is 447 g/mol. The number of carbonyl (C=O) groups is 1. The highest BCUT2D eigenvalue weighted by atomic mass is 35.5. The largest absolute Gasteiger partial charge is 0.342 e. The van der Waals surface area contributed by atoms with Crippen LogP contribution in [0.2, 0.25) is 5.02 Å². The maximum absolute atomic E-state index is 14.3. The number of nitrogens with one attached hydrogen (secondary N) is 1. The predicted molar refractivity (Wildman–Crippen MR) is 122 cm³/mol. The van der Waals surface area contributed by atoms with Crippen molar-refractivity contribution < 1.29 is 9.18 Å². The molecule has 2 aliphatic rings. The Bertz CT molecular complexity index is 1210. The minimum Gasteiger partial charge on any atom is -0.342 e. The number of H-pyrrole nitrogens is 1. The van der Waals surface area contributed by atoms with E-state index in [4.69, 9.17) is 11.6 Å². The van der Waals surface area contributed by atoms with Crippen molar-refractivity contribution in [2.24, 2.45) is 5.92 Å². The molecule has 1 aliphatic heterocycles. The van der Waals surface area contributed by atoms with Gasteiger partial charge in [0.25, 0.3) is 5.56 Å². The quantitative estimate of drug-likeness (QED) is 0.625.